The molecule has 0 bridgehead atoms. The average molecular weight is 337 g/mol. The van der Waals surface area contributed by atoms with E-state index >= 15 is 0 Å². The molecule has 0 amide bonds. The van der Waals surface area contributed by atoms with Crippen LogP contribution < -0.4 is 0 Å². The molecule has 25 heavy (non-hydrogen) atoms. The topological polar surface area (TPSA) is 46.3 Å². The van der Waals surface area contributed by atoms with Gasteiger partial charge in [-0.05, 0) is 22.9 Å². The van der Waals surface area contributed by atoms with Crippen molar-refractivity contribution in [3.05, 3.63) is 77.9 Å². The van der Waals surface area contributed by atoms with Crippen LogP contribution in [-0.4, -0.2) is 10.3 Å². The van der Waals surface area contributed by atoms with Gasteiger partial charge in [0.25, 0.3) is 0 Å². The van der Waals surface area contributed by atoms with Crippen LogP contribution >= 0.6 is 0 Å². The van der Waals surface area contributed by atoms with Crippen molar-refractivity contribution in [3.63, 3.8) is 0 Å². The highest BCUT2D eigenvalue weighted by Crippen LogP contribution is 2.36. The number of hydrogen-bond donors (Lipinski definition) is 1. The highest BCUT2D eigenvalue weighted by Gasteiger charge is 2.22. The molecule has 0 atom stereocenters. The summed E-state index contributed by atoms with van der Waals surface area (Å²) in [4.78, 5) is 0. The van der Waals surface area contributed by atoms with Gasteiger partial charge in [-0.15, -0.1) is 0 Å². The molecular weight excluding hydrogens is 324 g/mol. The molecule has 0 saturated heterocycles. The van der Waals surface area contributed by atoms with Gasteiger partial charge in [-0.25, -0.2) is 8.78 Å². The maximum atomic E-state index is 14.1. The van der Waals surface area contributed by atoms with Crippen LogP contribution in [0.5, 0.6) is 0 Å². The number of benzene rings is 3. The Hall–Kier alpha value is -3.05. The summed E-state index contributed by atoms with van der Waals surface area (Å²) in [5, 5.41) is 15.8. The van der Waals surface area contributed by atoms with Crippen LogP contribution in [0.1, 0.15) is 5.56 Å². The lowest BCUT2D eigenvalue weighted by atomic mass is 9.98. The molecule has 3 aromatic carbocycles. The molecule has 1 aromatic heterocycles. The predicted octanol–water partition coefficient (Wildman–Crippen LogP) is 4.93. The van der Waals surface area contributed by atoms with Crippen LogP contribution in [0.4, 0.5) is 8.78 Å². The molecule has 4 aromatic rings. The molecule has 5 heteroatoms. The van der Waals surface area contributed by atoms with E-state index < -0.39 is 11.6 Å². The number of halogens is 2. The van der Waals surface area contributed by atoms with E-state index in [1.807, 2.05) is 42.5 Å². The Morgan fingerprint density at radius 2 is 1.72 bits per heavy atom. The zero-order valence-electron chi connectivity index (χ0n) is 13.0. The summed E-state index contributed by atoms with van der Waals surface area (Å²) in [5.41, 5.74) is 1.64. The fourth-order valence-electron chi connectivity index (χ4n) is 2.98. The fraction of sp³-hybridized carbons (Fsp3) is 0.0500. The van der Waals surface area contributed by atoms with E-state index in [0.717, 1.165) is 28.5 Å². The van der Waals surface area contributed by atoms with Gasteiger partial charge in [0.05, 0.1) is 17.7 Å². The second-order valence-corrected chi connectivity index (χ2v) is 5.65. The summed E-state index contributed by atoms with van der Waals surface area (Å²) in [5.74, 6) is -1.35. The standard InChI is InChI=1S/C20H13F2NO2/c21-13-8-9-16(18(22)10-13)20-17(11-24)19(23-25-20)15-7-3-5-12-4-1-2-6-14(12)15/h1-10,24H,11H2. The van der Waals surface area contributed by atoms with E-state index in [-0.39, 0.29) is 17.9 Å². The molecule has 4 rings (SSSR count). The Bertz CT molecular complexity index is 1070. The molecule has 1 N–H and O–H groups in total. The highest BCUT2D eigenvalue weighted by atomic mass is 19.1. The minimum atomic E-state index is -0.768. The maximum Gasteiger partial charge on any atom is 0.175 e. The van der Waals surface area contributed by atoms with E-state index in [9.17, 15) is 13.9 Å². The summed E-state index contributed by atoms with van der Waals surface area (Å²) < 4.78 is 32.6. The second-order valence-electron chi connectivity index (χ2n) is 5.65. The molecule has 3 nitrogen and oxygen atoms in total. The minimum Gasteiger partial charge on any atom is -0.391 e. The van der Waals surface area contributed by atoms with Crippen molar-refractivity contribution in [2.24, 2.45) is 0 Å². The number of nitrogens with zero attached hydrogens (tertiary/aromatic N) is 1. The summed E-state index contributed by atoms with van der Waals surface area (Å²) in [6.07, 6.45) is 0. The van der Waals surface area contributed by atoms with Crippen molar-refractivity contribution in [1.29, 1.82) is 0 Å². The van der Waals surface area contributed by atoms with Crippen LogP contribution in [0, 0.1) is 11.6 Å². The smallest absolute Gasteiger partial charge is 0.175 e. The molecule has 124 valence electrons. The Balaban J connectivity index is 1.94. The van der Waals surface area contributed by atoms with Gasteiger partial charge in [0.15, 0.2) is 5.76 Å². The molecule has 0 unspecified atom stereocenters. The van der Waals surface area contributed by atoms with Gasteiger partial charge in [-0.3, -0.25) is 0 Å². The van der Waals surface area contributed by atoms with Crippen molar-refractivity contribution < 1.29 is 18.4 Å². The monoisotopic (exact) mass is 337 g/mol. The van der Waals surface area contributed by atoms with E-state index in [0.29, 0.717) is 11.3 Å². The average Bonchev–Trinajstić information content (AvgIpc) is 3.04. The first-order chi connectivity index (χ1) is 12.2. The van der Waals surface area contributed by atoms with Gasteiger partial charge >= 0.3 is 0 Å². The van der Waals surface area contributed by atoms with Crippen molar-refractivity contribution in [2.75, 3.05) is 0 Å². The van der Waals surface area contributed by atoms with Gasteiger partial charge in [-0.2, -0.15) is 0 Å². The molecule has 1 heterocycles. The molecule has 0 spiro atoms. The third-order valence-corrected chi connectivity index (χ3v) is 4.17. The van der Waals surface area contributed by atoms with E-state index in [1.54, 1.807) is 0 Å². The molecule has 0 aliphatic heterocycles. The molecule has 0 radical (unpaired) electrons. The summed E-state index contributed by atoms with van der Waals surface area (Å²) in [6.45, 7) is -0.381. The SMILES string of the molecule is OCc1c(-c2cccc3ccccc23)noc1-c1ccc(F)cc1F. The molecular formula is C20H13F2NO2. The molecule has 0 fully saturated rings. The molecule has 0 aliphatic rings. The normalized spacial score (nSPS) is 11.2. The number of aliphatic hydroxyl groups excluding tert-OH is 1. The first-order valence-corrected chi connectivity index (χ1v) is 7.72. The van der Waals surface area contributed by atoms with Gasteiger partial charge in [0.1, 0.15) is 17.3 Å². The predicted molar refractivity (Wildman–Crippen MR) is 90.7 cm³/mol. The summed E-state index contributed by atoms with van der Waals surface area (Å²) in [6, 6.07) is 16.7. The van der Waals surface area contributed by atoms with Gasteiger partial charge in [0, 0.05) is 11.6 Å². The number of hydrogen-bond acceptors (Lipinski definition) is 3. The van der Waals surface area contributed by atoms with E-state index in [4.69, 9.17) is 4.52 Å². The third-order valence-electron chi connectivity index (χ3n) is 4.17. The minimum absolute atomic E-state index is 0.0597. The van der Waals surface area contributed by atoms with Crippen molar-refractivity contribution in [2.45, 2.75) is 6.61 Å². The lowest BCUT2D eigenvalue weighted by Gasteiger charge is -2.06. The molecule has 0 aliphatic carbocycles. The van der Waals surface area contributed by atoms with Crippen LogP contribution in [0.15, 0.2) is 65.2 Å². The lowest BCUT2D eigenvalue weighted by Crippen LogP contribution is -1.92. The van der Waals surface area contributed by atoms with Gasteiger partial charge in [-0.1, -0.05) is 47.6 Å². The fourth-order valence-corrected chi connectivity index (χ4v) is 2.98. The first kappa shape index (κ1) is 15.5. The number of aliphatic hydroxyl groups is 1. The van der Waals surface area contributed by atoms with Crippen LogP contribution in [0.3, 0.4) is 0 Å². The van der Waals surface area contributed by atoms with Crippen molar-refractivity contribution in [3.8, 4) is 22.6 Å². The Kier molecular flexibility index (Phi) is 3.78. The number of aromatic nitrogens is 1. The zero-order valence-corrected chi connectivity index (χ0v) is 13.0. The van der Waals surface area contributed by atoms with Crippen LogP contribution in [0.25, 0.3) is 33.4 Å². The summed E-state index contributed by atoms with van der Waals surface area (Å²) >= 11 is 0. The van der Waals surface area contributed by atoms with E-state index in [2.05, 4.69) is 5.16 Å². The van der Waals surface area contributed by atoms with Gasteiger partial charge < -0.3 is 9.63 Å². The Labute approximate surface area is 142 Å². The van der Waals surface area contributed by atoms with Crippen molar-refractivity contribution >= 4 is 10.8 Å². The van der Waals surface area contributed by atoms with Crippen LogP contribution in [-0.2, 0) is 6.61 Å². The van der Waals surface area contributed by atoms with Crippen molar-refractivity contribution in [1.82, 2.24) is 5.16 Å². The van der Waals surface area contributed by atoms with Gasteiger partial charge in [0.2, 0.25) is 0 Å². The largest absolute Gasteiger partial charge is 0.391 e. The van der Waals surface area contributed by atoms with E-state index in [1.165, 1.54) is 6.07 Å². The summed E-state index contributed by atoms with van der Waals surface area (Å²) in [7, 11) is 0. The maximum absolute atomic E-state index is 14.1. The zero-order chi connectivity index (χ0) is 17.4. The Morgan fingerprint density at radius 3 is 2.52 bits per heavy atom. The quantitative estimate of drug-likeness (QED) is 0.576. The lowest BCUT2D eigenvalue weighted by molar-refractivity contribution is 0.281. The van der Waals surface area contributed by atoms with Crippen LogP contribution in [0.2, 0.25) is 0 Å². The number of rotatable bonds is 3. The highest BCUT2D eigenvalue weighted by molar-refractivity contribution is 5.97. The molecule has 0 saturated carbocycles. The third kappa shape index (κ3) is 2.58. The number of fused-ring (bicyclic) bond motifs is 1. The first-order valence-electron chi connectivity index (χ1n) is 7.72. The Morgan fingerprint density at radius 1 is 0.920 bits per heavy atom. The second kappa shape index (κ2) is 6.11.